The van der Waals surface area contributed by atoms with Gasteiger partial charge in [0.1, 0.15) is 23.7 Å². The van der Waals surface area contributed by atoms with Crippen LogP contribution in [0.25, 0.3) is 22.2 Å². The van der Waals surface area contributed by atoms with Crippen molar-refractivity contribution in [2.75, 3.05) is 5.73 Å². The molecule has 0 bridgehead atoms. The van der Waals surface area contributed by atoms with Gasteiger partial charge in [-0.1, -0.05) is 6.07 Å². The maximum atomic E-state index is 9.10. The summed E-state index contributed by atoms with van der Waals surface area (Å²) in [5, 5.41) is 9.10. The molecule has 0 aliphatic rings. The molecule has 0 spiro atoms. The van der Waals surface area contributed by atoms with Crippen molar-refractivity contribution in [2.45, 2.75) is 6.92 Å². The summed E-state index contributed by atoms with van der Waals surface area (Å²) >= 11 is 0. The van der Waals surface area contributed by atoms with Crippen LogP contribution >= 0.6 is 0 Å². The predicted molar refractivity (Wildman–Crippen MR) is 72.3 cm³/mol. The number of aromatic nitrogens is 2. The van der Waals surface area contributed by atoms with E-state index in [0.717, 1.165) is 22.4 Å². The van der Waals surface area contributed by atoms with Gasteiger partial charge in [-0.3, -0.25) is 0 Å². The van der Waals surface area contributed by atoms with Crippen molar-refractivity contribution in [3.63, 3.8) is 0 Å². The third-order valence-corrected chi connectivity index (χ3v) is 3.35. The van der Waals surface area contributed by atoms with E-state index in [2.05, 4.69) is 11.1 Å². The van der Waals surface area contributed by atoms with E-state index in [1.807, 2.05) is 36.7 Å². The average molecular weight is 252 g/mol. The van der Waals surface area contributed by atoms with Crippen LogP contribution in [0.15, 0.2) is 28.9 Å². The van der Waals surface area contributed by atoms with Gasteiger partial charge in [-0.15, -0.1) is 0 Å². The lowest BCUT2D eigenvalue weighted by Crippen LogP contribution is -1.90. The summed E-state index contributed by atoms with van der Waals surface area (Å²) in [6, 6.07) is 7.92. The minimum Gasteiger partial charge on any atom is -0.447 e. The monoisotopic (exact) mass is 252 g/mol. The Kier molecular flexibility index (Phi) is 2.32. The molecular formula is C14H12N4O. The van der Waals surface area contributed by atoms with Gasteiger partial charge >= 0.3 is 0 Å². The maximum Gasteiger partial charge on any atom is 0.208 e. The molecule has 5 nitrogen and oxygen atoms in total. The van der Waals surface area contributed by atoms with E-state index < -0.39 is 0 Å². The Morgan fingerprint density at radius 3 is 2.95 bits per heavy atom. The summed E-state index contributed by atoms with van der Waals surface area (Å²) < 4.78 is 7.13. The standard InChI is InChI=1S/C14H12N4O/c1-8-17-12-5-9(3-4-13(12)18(8)2)11-7-19-14(16)10(11)6-15/h3-5,7H,16H2,1-2H3. The highest BCUT2D eigenvalue weighted by Gasteiger charge is 2.14. The first-order valence-corrected chi connectivity index (χ1v) is 5.82. The van der Waals surface area contributed by atoms with Gasteiger partial charge in [-0.2, -0.15) is 5.26 Å². The number of fused-ring (bicyclic) bond motifs is 1. The molecule has 0 amide bonds. The molecule has 2 heterocycles. The van der Waals surface area contributed by atoms with E-state index in [0.29, 0.717) is 11.1 Å². The van der Waals surface area contributed by atoms with Crippen molar-refractivity contribution in [2.24, 2.45) is 7.05 Å². The Morgan fingerprint density at radius 2 is 2.21 bits per heavy atom. The summed E-state index contributed by atoms with van der Waals surface area (Å²) in [5.74, 6) is 1.09. The number of hydrogen-bond acceptors (Lipinski definition) is 4. The minimum absolute atomic E-state index is 0.148. The van der Waals surface area contributed by atoms with Crippen LogP contribution in [-0.2, 0) is 7.05 Å². The van der Waals surface area contributed by atoms with Crippen molar-refractivity contribution in [3.8, 4) is 17.2 Å². The van der Waals surface area contributed by atoms with Gasteiger partial charge in [0.05, 0.1) is 11.0 Å². The summed E-state index contributed by atoms with van der Waals surface area (Å²) in [4.78, 5) is 4.48. The van der Waals surface area contributed by atoms with E-state index in [4.69, 9.17) is 15.4 Å². The van der Waals surface area contributed by atoms with Gasteiger partial charge in [0, 0.05) is 12.6 Å². The third-order valence-electron chi connectivity index (χ3n) is 3.35. The molecule has 19 heavy (non-hydrogen) atoms. The van der Waals surface area contributed by atoms with Crippen LogP contribution in [0.5, 0.6) is 0 Å². The van der Waals surface area contributed by atoms with Gasteiger partial charge in [-0.25, -0.2) is 4.98 Å². The summed E-state index contributed by atoms with van der Waals surface area (Å²) in [6.45, 7) is 1.95. The van der Waals surface area contributed by atoms with E-state index in [-0.39, 0.29) is 5.88 Å². The number of nitrogens with two attached hydrogens (primary N) is 1. The van der Waals surface area contributed by atoms with Crippen LogP contribution in [0.2, 0.25) is 0 Å². The molecule has 0 unspecified atom stereocenters. The van der Waals surface area contributed by atoms with Crippen molar-refractivity contribution in [3.05, 3.63) is 35.9 Å². The quantitative estimate of drug-likeness (QED) is 0.721. The molecule has 0 saturated heterocycles. The van der Waals surface area contributed by atoms with Gasteiger partial charge in [0.2, 0.25) is 5.88 Å². The molecule has 1 aromatic carbocycles. The Balaban J connectivity index is 2.24. The number of aryl methyl sites for hydroxylation is 2. The van der Waals surface area contributed by atoms with E-state index in [1.165, 1.54) is 6.26 Å². The van der Waals surface area contributed by atoms with Gasteiger partial charge in [0.15, 0.2) is 0 Å². The number of nitrogens with zero attached hydrogens (tertiary/aromatic N) is 3. The first kappa shape index (κ1) is 11.4. The Labute approximate surface area is 109 Å². The maximum absolute atomic E-state index is 9.10. The first-order chi connectivity index (χ1) is 9.11. The topological polar surface area (TPSA) is 80.8 Å². The molecule has 2 N–H and O–H groups in total. The Hall–Kier alpha value is -2.74. The van der Waals surface area contributed by atoms with Gasteiger partial charge in [-0.05, 0) is 24.6 Å². The molecule has 0 aliphatic carbocycles. The van der Waals surface area contributed by atoms with Crippen LogP contribution in [0.4, 0.5) is 5.88 Å². The minimum atomic E-state index is 0.148. The molecule has 0 atom stereocenters. The van der Waals surface area contributed by atoms with Crippen LogP contribution in [-0.4, -0.2) is 9.55 Å². The number of hydrogen-bond donors (Lipinski definition) is 1. The molecule has 0 aliphatic heterocycles. The van der Waals surface area contributed by atoms with Crippen molar-refractivity contribution >= 4 is 16.9 Å². The number of rotatable bonds is 1. The second-order valence-corrected chi connectivity index (χ2v) is 4.42. The van der Waals surface area contributed by atoms with Crippen molar-refractivity contribution < 1.29 is 4.42 Å². The van der Waals surface area contributed by atoms with Crippen LogP contribution < -0.4 is 5.73 Å². The second kappa shape index (κ2) is 3.89. The van der Waals surface area contributed by atoms with Crippen LogP contribution in [0, 0.1) is 18.3 Å². The Morgan fingerprint density at radius 1 is 1.42 bits per heavy atom. The zero-order chi connectivity index (χ0) is 13.6. The van der Waals surface area contributed by atoms with Gasteiger partial charge < -0.3 is 14.7 Å². The number of nitrogen functional groups attached to an aromatic ring is 1. The number of benzene rings is 1. The molecule has 0 radical (unpaired) electrons. The highest BCUT2D eigenvalue weighted by molar-refractivity contribution is 5.85. The molecule has 0 saturated carbocycles. The summed E-state index contributed by atoms with van der Waals surface area (Å²) in [6.07, 6.45) is 1.50. The fourth-order valence-corrected chi connectivity index (χ4v) is 2.19. The molecule has 0 fully saturated rings. The predicted octanol–water partition coefficient (Wildman–Crippen LogP) is 2.60. The average Bonchev–Trinajstić information content (AvgIpc) is 2.90. The highest BCUT2D eigenvalue weighted by Crippen LogP contribution is 2.31. The van der Waals surface area contributed by atoms with E-state index >= 15 is 0 Å². The number of anilines is 1. The molecule has 3 aromatic rings. The number of nitriles is 1. The lowest BCUT2D eigenvalue weighted by molar-refractivity contribution is 0.588. The van der Waals surface area contributed by atoms with Crippen LogP contribution in [0.1, 0.15) is 11.4 Å². The normalized spacial score (nSPS) is 10.8. The van der Waals surface area contributed by atoms with E-state index in [1.54, 1.807) is 0 Å². The van der Waals surface area contributed by atoms with E-state index in [9.17, 15) is 0 Å². The molecule has 5 heteroatoms. The van der Waals surface area contributed by atoms with Crippen molar-refractivity contribution in [1.29, 1.82) is 5.26 Å². The second-order valence-electron chi connectivity index (χ2n) is 4.42. The number of imidazole rings is 1. The molecular weight excluding hydrogens is 240 g/mol. The fraction of sp³-hybridized carbons (Fsp3) is 0.143. The molecule has 94 valence electrons. The zero-order valence-electron chi connectivity index (χ0n) is 10.6. The Bertz CT molecular complexity index is 820. The number of furan rings is 1. The molecule has 2 aromatic heterocycles. The SMILES string of the molecule is Cc1nc2cc(-c3coc(N)c3C#N)ccc2n1C. The summed E-state index contributed by atoms with van der Waals surface area (Å²) in [5.41, 5.74) is 9.51. The lowest BCUT2D eigenvalue weighted by Gasteiger charge is -2.00. The summed E-state index contributed by atoms with van der Waals surface area (Å²) in [7, 11) is 1.97. The van der Waals surface area contributed by atoms with Crippen molar-refractivity contribution in [1.82, 2.24) is 9.55 Å². The highest BCUT2D eigenvalue weighted by atomic mass is 16.3. The largest absolute Gasteiger partial charge is 0.447 e. The third kappa shape index (κ3) is 1.58. The fourth-order valence-electron chi connectivity index (χ4n) is 2.19. The van der Waals surface area contributed by atoms with Gasteiger partial charge in [0.25, 0.3) is 0 Å². The smallest absolute Gasteiger partial charge is 0.208 e. The zero-order valence-corrected chi connectivity index (χ0v) is 10.6. The lowest BCUT2D eigenvalue weighted by atomic mass is 10.0. The van der Waals surface area contributed by atoms with Crippen LogP contribution in [0.3, 0.4) is 0 Å². The first-order valence-electron chi connectivity index (χ1n) is 5.82. The molecule has 3 rings (SSSR count).